The van der Waals surface area contributed by atoms with Gasteiger partial charge in [0.05, 0.1) is 11.3 Å². The van der Waals surface area contributed by atoms with Gasteiger partial charge >= 0.3 is 0 Å². The van der Waals surface area contributed by atoms with Crippen LogP contribution in [0.5, 0.6) is 0 Å². The summed E-state index contributed by atoms with van der Waals surface area (Å²) in [7, 11) is 0. The SMILES string of the molecule is Cc1ccc(CN2CCN(c3ccccc3C#N)CC2)cc1C(=O)N1CCN(c2nccc(C#N)n2)CC1. The Labute approximate surface area is 223 Å². The molecule has 2 fully saturated rings. The molecule has 2 saturated heterocycles. The number of aryl methyl sites for hydroxylation is 1. The van der Waals surface area contributed by atoms with E-state index in [1.807, 2.05) is 53.1 Å². The zero-order chi connectivity index (χ0) is 26.5. The minimum Gasteiger partial charge on any atom is -0.368 e. The van der Waals surface area contributed by atoms with Crippen molar-refractivity contribution in [1.82, 2.24) is 19.8 Å². The molecule has 3 aromatic rings. The number of amides is 1. The zero-order valence-corrected chi connectivity index (χ0v) is 21.5. The first-order valence-corrected chi connectivity index (χ1v) is 12.9. The number of para-hydroxylation sites is 1. The van der Waals surface area contributed by atoms with E-state index in [-0.39, 0.29) is 5.91 Å². The Morgan fingerprint density at radius 3 is 2.37 bits per heavy atom. The van der Waals surface area contributed by atoms with Gasteiger partial charge in [-0.25, -0.2) is 9.97 Å². The van der Waals surface area contributed by atoms with Crippen molar-refractivity contribution in [2.45, 2.75) is 13.5 Å². The molecule has 0 N–H and O–H groups in total. The maximum atomic E-state index is 13.5. The summed E-state index contributed by atoms with van der Waals surface area (Å²) in [6.07, 6.45) is 1.60. The van der Waals surface area contributed by atoms with E-state index >= 15 is 0 Å². The Morgan fingerprint density at radius 1 is 0.895 bits per heavy atom. The van der Waals surface area contributed by atoms with E-state index in [0.29, 0.717) is 43.4 Å². The smallest absolute Gasteiger partial charge is 0.254 e. The summed E-state index contributed by atoms with van der Waals surface area (Å²) in [4.78, 5) is 30.6. The van der Waals surface area contributed by atoms with Crippen LogP contribution in [0.15, 0.2) is 54.7 Å². The number of nitriles is 2. The summed E-state index contributed by atoms with van der Waals surface area (Å²) in [5.74, 6) is 0.583. The van der Waals surface area contributed by atoms with Gasteiger partial charge in [0.1, 0.15) is 17.8 Å². The second kappa shape index (κ2) is 11.3. The molecule has 5 rings (SSSR count). The average molecular weight is 507 g/mol. The number of benzene rings is 2. The van der Waals surface area contributed by atoms with Crippen molar-refractivity contribution in [3.63, 3.8) is 0 Å². The van der Waals surface area contributed by atoms with Crippen LogP contribution in [0, 0.1) is 29.6 Å². The largest absolute Gasteiger partial charge is 0.368 e. The highest BCUT2D eigenvalue weighted by atomic mass is 16.2. The maximum Gasteiger partial charge on any atom is 0.254 e. The molecule has 192 valence electrons. The monoisotopic (exact) mass is 506 g/mol. The van der Waals surface area contributed by atoms with Crippen molar-refractivity contribution < 1.29 is 4.79 Å². The minimum atomic E-state index is 0.0497. The molecule has 9 heteroatoms. The van der Waals surface area contributed by atoms with Gasteiger partial charge in [0, 0.05) is 70.7 Å². The van der Waals surface area contributed by atoms with E-state index in [1.54, 1.807) is 12.3 Å². The third-order valence-electron chi connectivity index (χ3n) is 7.28. The van der Waals surface area contributed by atoms with Crippen LogP contribution in [-0.2, 0) is 6.54 Å². The van der Waals surface area contributed by atoms with E-state index in [0.717, 1.165) is 55.1 Å². The highest BCUT2D eigenvalue weighted by molar-refractivity contribution is 5.96. The zero-order valence-electron chi connectivity index (χ0n) is 21.5. The number of anilines is 2. The second-order valence-corrected chi connectivity index (χ2v) is 9.67. The van der Waals surface area contributed by atoms with Crippen LogP contribution in [0.1, 0.15) is 32.7 Å². The summed E-state index contributed by atoms with van der Waals surface area (Å²) >= 11 is 0. The molecule has 0 unspecified atom stereocenters. The van der Waals surface area contributed by atoms with Crippen LogP contribution in [0.3, 0.4) is 0 Å². The molecule has 0 saturated carbocycles. The lowest BCUT2D eigenvalue weighted by Crippen LogP contribution is -2.49. The summed E-state index contributed by atoms with van der Waals surface area (Å²) in [5.41, 5.74) is 4.91. The molecule has 0 bridgehead atoms. The number of nitrogens with zero attached hydrogens (tertiary/aromatic N) is 8. The second-order valence-electron chi connectivity index (χ2n) is 9.67. The Kier molecular flexibility index (Phi) is 7.48. The average Bonchev–Trinajstić information content (AvgIpc) is 2.98. The van der Waals surface area contributed by atoms with Gasteiger partial charge in [-0.3, -0.25) is 9.69 Å². The number of carbonyl (C=O) groups is 1. The van der Waals surface area contributed by atoms with Crippen LogP contribution in [0.25, 0.3) is 0 Å². The van der Waals surface area contributed by atoms with Gasteiger partial charge in [-0.2, -0.15) is 10.5 Å². The van der Waals surface area contributed by atoms with Gasteiger partial charge < -0.3 is 14.7 Å². The lowest BCUT2D eigenvalue weighted by Gasteiger charge is -2.36. The molecular formula is C29H30N8O. The fraction of sp³-hybridized carbons (Fsp3) is 0.345. The molecule has 0 atom stereocenters. The van der Waals surface area contributed by atoms with E-state index in [9.17, 15) is 10.1 Å². The van der Waals surface area contributed by atoms with Crippen molar-refractivity contribution in [2.75, 3.05) is 62.2 Å². The molecule has 3 heterocycles. The van der Waals surface area contributed by atoms with E-state index in [2.05, 4.69) is 38.0 Å². The normalized spacial score (nSPS) is 16.1. The summed E-state index contributed by atoms with van der Waals surface area (Å²) in [6.45, 7) is 8.69. The Hall–Kier alpha value is -4.47. The van der Waals surface area contributed by atoms with Gasteiger partial charge in [0.15, 0.2) is 0 Å². The van der Waals surface area contributed by atoms with Gasteiger partial charge in [-0.1, -0.05) is 24.3 Å². The number of hydrogen-bond acceptors (Lipinski definition) is 8. The molecule has 2 aromatic carbocycles. The van der Waals surface area contributed by atoms with Crippen molar-refractivity contribution in [2.24, 2.45) is 0 Å². The van der Waals surface area contributed by atoms with E-state index in [4.69, 9.17) is 5.26 Å². The molecule has 0 radical (unpaired) electrons. The van der Waals surface area contributed by atoms with Gasteiger partial charge in [0.2, 0.25) is 5.95 Å². The van der Waals surface area contributed by atoms with Crippen molar-refractivity contribution >= 4 is 17.5 Å². The first kappa shape index (κ1) is 25.2. The van der Waals surface area contributed by atoms with Crippen LogP contribution in [0.2, 0.25) is 0 Å². The fourth-order valence-corrected chi connectivity index (χ4v) is 5.09. The first-order valence-electron chi connectivity index (χ1n) is 12.9. The van der Waals surface area contributed by atoms with Crippen molar-refractivity contribution in [3.05, 3.63) is 82.7 Å². The van der Waals surface area contributed by atoms with Gasteiger partial charge in [-0.15, -0.1) is 0 Å². The van der Waals surface area contributed by atoms with Crippen LogP contribution in [-0.4, -0.2) is 78.0 Å². The van der Waals surface area contributed by atoms with E-state index < -0.39 is 0 Å². The maximum absolute atomic E-state index is 13.5. The molecule has 1 aromatic heterocycles. The molecule has 2 aliphatic rings. The standard InChI is InChI=1S/C29H30N8O/c1-22-6-7-23(21-34-10-12-35(13-11-34)27-5-3-2-4-24(27)19-30)18-26(22)28(38)36-14-16-37(17-15-36)29-32-9-8-25(20-31)33-29/h2-9,18H,10-17,21H2,1H3. The lowest BCUT2D eigenvalue weighted by molar-refractivity contribution is 0.0745. The molecule has 38 heavy (non-hydrogen) atoms. The molecule has 9 nitrogen and oxygen atoms in total. The third-order valence-corrected chi connectivity index (χ3v) is 7.28. The summed E-state index contributed by atoms with van der Waals surface area (Å²) < 4.78 is 0. The number of rotatable bonds is 5. The number of aromatic nitrogens is 2. The van der Waals surface area contributed by atoms with Crippen molar-refractivity contribution in [1.29, 1.82) is 10.5 Å². The van der Waals surface area contributed by atoms with Crippen molar-refractivity contribution in [3.8, 4) is 12.1 Å². The third kappa shape index (κ3) is 5.44. The molecular weight excluding hydrogens is 476 g/mol. The summed E-state index contributed by atoms with van der Waals surface area (Å²) in [5, 5.41) is 18.5. The quantitative estimate of drug-likeness (QED) is 0.521. The van der Waals surface area contributed by atoms with Gasteiger partial charge in [-0.05, 0) is 42.3 Å². The minimum absolute atomic E-state index is 0.0497. The number of piperazine rings is 2. The van der Waals surface area contributed by atoms with Crippen LogP contribution < -0.4 is 9.80 Å². The van der Waals surface area contributed by atoms with Crippen LogP contribution >= 0.6 is 0 Å². The number of carbonyl (C=O) groups excluding carboxylic acids is 1. The Bertz CT molecular complexity index is 1390. The molecule has 1 amide bonds. The highest BCUT2D eigenvalue weighted by Gasteiger charge is 2.25. The van der Waals surface area contributed by atoms with Crippen LogP contribution in [0.4, 0.5) is 11.6 Å². The number of hydrogen-bond donors (Lipinski definition) is 0. The topological polar surface area (TPSA) is 103 Å². The predicted molar refractivity (Wildman–Crippen MR) is 145 cm³/mol. The fourth-order valence-electron chi connectivity index (χ4n) is 5.09. The predicted octanol–water partition coefficient (Wildman–Crippen LogP) is 2.81. The highest BCUT2D eigenvalue weighted by Crippen LogP contribution is 2.23. The Balaban J connectivity index is 1.19. The first-order chi connectivity index (χ1) is 18.6. The lowest BCUT2D eigenvalue weighted by atomic mass is 10.0. The molecule has 2 aliphatic heterocycles. The Morgan fingerprint density at radius 2 is 1.63 bits per heavy atom. The molecule has 0 aliphatic carbocycles. The van der Waals surface area contributed by atoms with E-state index in [1.165, 1.54) is 0 Å². The van der Waals surface area contributed by atoms with Gasteiger partial charge in [0.25, 0.3) is 5.91 Å². The molecule has 0 spiro atoms. The summed E-state index contributed by atoms with van der Waals surface area (Å²) in [6, 6.07) is 19.9.